The first-order valence-electron chi connectivity index (χ1n) is 6.04. The van der Waals surface area contributed by atoms with Gasteiger partial charge in [0.1, 0.15) is 11.6 Å². The van der Waals surface area contributed by atoms with Crippen molar-refractivity contribution >= 4 is 0 Å². The molecule has 2 aromatic rings. The summed E-state index contributed by atoms with van der Waals surface area (Å²) in [5, 5.41) is 9.26. The Bertz CT molecular complexity index is 604. The van der Waals surface area contributed by atoms with Gasteiger partial charge in [-0.2, -0.15) is 0 Å². The molecule has 0 saturated carbocycles. The molecular weight excluding hydrogens is 261 g/mol. The molecule has 0 radical (unpaired) electrons. The lowest BCUT2D eigenvalue weighted by molar-refractivity contribution is 0.352. The first kappa shape index (κ1) is 14.1. The van der Waals surface area contributed by atoms with Gasteiger partial charge in [0, 0.05) is 23.7 Å². The smallest absolute Gasteiger partial charge is 0.165 e. The predicted molar refractivity (Wildman–Crippen MR) is 74.5 cm³/mol. The number of aromatic hydroxyl groups is 1. The van der Waals surface area contributed by atoms with Gasteiger partial charge in [0.05, 0.1) is 14.2 Å². The van der Waals surface area contributed by atoms with Crippen LogP contribution in [0.2, 0.25) is 0 Å². The molecule has 0 unspecified atom stereocenters. The van der Waals surface area contributed by atoms with Gasteiger partial charge in [-0.3, -0.25) is 0 Å². The van der Waals surface area contributed by atoms with E-state index in [2.05, 4.69) is 0 Å². The van der Waals surface area contributed by atoms with E-state index in [1.54, 1.807) is 12.1 Å². The van der Waals surface area contributed by atoms with Crippen LogP contribution in [-0.2, 0) is 6.54 Å². The molecule has 0 fully saturated rings. The highest BCUT2D eigenvalue weighted by atomic mass is 19.1. The largest absolute Gasteiger partial charge is 0.508 e. The molecular formula is C15H16FNO3. The number of hydrogen-bond acceptors (Lipinski definition) is 4. The summed E-state index contributed by atoms with van der Waals surface area (Å²) in [5.74, 6) is 0.391. The molecule has 5 heteroatoms. The van der Waals surface area contributed by atoms with Gasteiger partial charge in [0.15, 0.2) is 11.5 Å². The third kappa shape index (κ3) is 2.53. The lowest BCUT2D eigenvalue weighted by Gasteiger charge is -2.14. The van der Waals surface area contributed by atoms with Gasteiger partial charge in [-0.1, -0.05) is 0 Å². The molecule has 4 nitrogen and oxygen atoms in total. The average molecular weight is 277 g/mol. The molecule has 0 aliphatic rings. The molecule has 0 aliphatic carbocycles. The standard InChI is InChI=1S/C15H16FNO3/c1-19-14-6-9(5-10(8-17)15(14)20-2)12-4-3-11(18)7-13(12)16/h3-7,18H,8,17H2,1-2H3. The van der Waals surface area contributed by atoms with Crippen LogP contribution in [0.4, 0.5) is 4.39 Å². The van der Waals surface area contributed by atoms with Crippen LogP contribution < -0.4 is 15.2 Å². The van der Waals surface area contributed by atoms with Crippen LogP contribution in [0.25, 0.3) is 11.1 Å². The van der Waals surface area contributed by atoms with Gasteiger partial charge in [0.25, 0.3) is 0 Å². The Morgan fingerprint density at radius 1 is 1.15 bits per heavy atom. The Morgan fingerprint density at radius 3 is 2.45 bits per heavy atom. The van der Waals surface area contributed by atoms with Crippen LogP contribution in [0.3, 0.4) is 0 Å². The molecule has 0 spiro atoms. The summed E-state index contributed by atoms with van der Waals surface area (Å²) in [7, 11) is 3.03. The first-order valence-corrected chi connectivity index (χ1v) is 6.04. The second-order valence-corrected chi connectivity index (χ2v) is 4.24. The molecule has 20 heavy (non-hydrogen) atoms. The minimum atomic E-state index is -0.514. The SMILES string of the molecule is COc1cc(-c2ccc(O)cc2F)cc(CN)c1OC. The second-order valence-electron chi connectivity index (χ2n) is 4.24. The Hall–Kier alpha value is -2.27. The summed E-state index contributed by atoms with van der Waals surface area (Å²) < 4.78 is 24.4. The van der Waals surface area contributed by atoms with Gasteiger partial charge in [-0.25, -0.2) is 4.39 Å². The molecule has 2 rings (SSSR count). The van der Waals surface area contributed by atoms with Crippen LogP contribution in [-0.4, -0.2) is 19.3 Å². The minimum Gasteiger partial charge on any atom is -0.508 e. The summed E-state index contributed by atoms with van der Waals surface area (Å²) in [5.41, 5.74) is 7.38. The van der Waals surface area contributed by atoms with Crippen molar-refractivity contribution in [3.05, 3.63) is 41.7 Å². The number of rotatable bonds is 4. The number of benzene rings is 2. The van der Waals surface area contributed by atoms with Crippen molar-refractivity contribution in [3.63, 3.8) is 0 Å². The quantitative estimate of drug-likeness (QED) is 0.901. The van der Waals surface area contributed by atoms with Gasteiger partial charge in [0.2, 0.25) is 0 Å². The van der Waals surface area contributed by atoms with Crippen molar-refractivity contribution in [2.75, 3.05) is 14.2 Å². The number of nitrogens with two attached hydrogens (primary N) is 1. The summed E-state index contributed by atoms with van der Waals surface area (Å²) >= 11 is 0. The van der Waals surface area contributed by atoms with Crippen molar-refractivity contribution < 1.29 is 19.0 Å². The molecule has 3 N–H and O–H groups in total. The number of ether oxygens (including phenoxy) is 2. The van der Waals surface area contributed by atoms with Crippen LogP contribution in [0.1, 0.15) is 5.56 Å². The number of halogens is 1. The van der Waals surface area contributed by atoms with E-state index < -0.39 is 5.82 Å². The highest BCUT2D eigenvalue weighted by molar-refractivity contribution is 5.70. The van der Waals surface area contributed by atoms with E-state index >= 15 is 0 Å². The maximum atomic E-state index is 13.9. The summed E-state index contributed by atoms with van der Waals surface area (Å²) in [6, 6.07) is 7.42. The molecule has 0 aromatic heterocycles. The van der Waals surface area contributed by atoms with Gasteiger partial charge >= 0.3 is 0 Å². The zero-order valence-corrected chi connectivity index (χ0v) is 11.3. The lowest BCUT2D eigenvalue weighted by Crippen LogP contribution is -2.02. The molecule has 0 heterocycles. The van der Waals surface area contributed by atoms with Gasteiger partial charge in [-0.05, 0) is 29.8 Å². The topological polar surface area (TPSA) is 64.7 Å². The Morgan fingerprint density at radius 2 is 1.90 bits per heavy atom. The van der Waals surface area contributed by atoms with E-state index in [-0.39, 0.29) is 12.3 Å². The fraction of sp³-hybridized carbons (Fsp3) is 0.200. The number of phenolic OH excluding ortho intramolecular Hbond substituents is 1. The van der Waals surface area contributed by atoms with Gasteiger partial charge < -0.3 is 20.3 Å². The first-order chi connectivity index (χ1) is 9.60. The fourth-order valence-corrected chi connectivity index (χ4v) is 2.09. The molecule has 0 saturated heterocycles. The fourth-order valence-electron chi connectivity index (χ4n) is 2.09. The Balaban J connectivity index is 2.62. The molecule has 106 valence electrons. The third-order valence-corrected chi connectivity index (χ3v) is 3.04. The summed E-state index contributed by atoms with van der Waals surface area (Å²) in [4.78, 5) is 0. The van der Waals surface area contributed by atoms with Crippen molar-refractivity contribution in [3.8, 4) is 28.4 Å². The zero-order valence-electron chi connectivity index (χ0n) is 11.3. The van der Waals surface area contributed by atoms with Crippen LogP contribution in [0, 0.1) is 5.82 Å². The normalized spacial score (nSPS) is 10.4. The molecule has 0 aliphatic heterocycles. The lowest BCUT2D eigenvalue weighted by atomic mass is 10.0. The predicted octanol–water partition coefficient (Wildman–Crippen LogP) is 2.67. The molecule has 0 atom stereocenters. The van der Waals surface area contributed by atoms with Gasteiger partial charge in [-0.15, -0.1) is 0 Å². The number of hydrogen-bond donors (Lipinski definition) is 2. The summed E-state index contributed by atoms with van der Waals surface area (Å²) in [6.07, 6.45) is 0. The second kappa shape index (κ2) is 5.79. The van der Waals surface area contributed by atoms with Crippen LogP contribution >= 0.6 is 0 Å². The van der Waals surface area contributed by atoms with Crippen LogP contribution in [0.15, 0.2) is 30.3 Å². The Labute approximate surface area is 116 Å². The summed E-state index contributed by atoms with van der Waals surface area (Å²) in [6.45, 7) is 0.243. The molecule has 0 amide bonds. The van der Waals surface area contributed by atoms with Crippen LogP contribution in [0.5, 0.6) is 17.2 Å². The van der Waals surface area contributed by atoms with E-state index in [1.807, 2.05) is 0 Å². The van der Waals surface area contributed by atoms with E-state index in [9.17, 15) is 9.50 Å². The van der Waals surface area contributed by atoms with E-state index in [4.69, 9.17) is 15.2 Å². The van der Waals surface area contributed by atoms with Crippen molar-refractivity contribution in [2.24, 2.45) is 5.73 Å². The van der Waals surface area contributed by atoms with E-state index in [0.717, 1.165) is 6.07 Å². The molecule has 0 bridgehead atoms. The maximum absolute atomic E-state index is 13.9. The average Bonchev–Trinajstić information content (AvgIpc) is 2.45. The zero-order chi connectivity index (χ0) is 14.7. The third-order valence-electron chi connectivity index (χ3n) is 3.04. The Kier molecular flexibility index (Phi) is 4.10. The van der Waals surface area contributed by atoms with Crippen molar-refractivity contribution in [2.45, 2.75) is 6.54 Å². The van der Waals surface area contributed by atoms with Crippen molar-refractivity contribution in [1.29, 1.82) is 0 Å². The maximum Gasteiger partial charge on any atom is 0.165 e. The highest BCUT2D eigenvalue weighted by Gasteiger charge is 2.14. The molecule has 2 aromatic carbocycles. The van der Waals surface area contributed by atoms with E-state index in [0.29, 0.717) is 28.2 Å². The minimum absolute atomic E-state index is 0.120. The number of phenols is 1. The highest BCUT2D eigenvalue weighted by Crippen LogP contribution is 2.37. The van der Waals surface area contributed by atoms with E-state index in [1.165, 1.54) is 26.4 Å². The number of methoxy groups -OCH3 is 2. The monoisotopic (exact) mass is 277 g/mol. The van der Waals surface area contributed by atoms with Crippen molar-refractivity contribution in [1.82, 2.24) is 0 Å².